The van der Waals surface area contributed by atoms with Gasteiger partial charge in [-0.3, -0.25) is 9.48 Å². The first-order valence-electron chi connectivity index (χ1n) is 13.1. The number of carbonyl (C=O) groups excluding carboxylic acids is 1. The van der Waals surface area contributed by atoms with Crippen molar-refractivity contribution in [3.05, 3.63) is 113 Å². The zero-order valence-electron chi connectivity index (χ0n) is 23.2. The van der Waals surface area contributed by atoms with Gasteiger partial charge in [-0.2, -0.15) is 5.10 Å². The molecule has 0 unspecified atom stereocenters. The van der Waals surface area contributed by atoms with Crippen molar-refractivity contribution in [3.8, 4) is 17.0 Å². The van der Waals surface area contributed by atoms with Crippen LogP contribution in [0, 0.1) is 17.5 Å². The van der Waals surface area contributed by atoms with Crippen LogP contribution >= 0.6 is 0 Å². The van der Waals surface area contributed by atoms with Gasteiger partial charge in [-0.25, -0.2) is 26.6 Å². The third kappa shape index (κ3) is 6.95. The summed E-state index contributed by atoms with van der Waals surface area (Å²) in [5.74, 6) is -3.70. The smallest absolute Gasteiger partial charge is 0.257 e. The Bertz CT molecular complexity index is 1790. The largest absolute Gasteiger partial charge is 0.481 e. The van der Waals surface area contributed by atoms with Crippen molar-refractivity contribution in [1.82, 2.24) is 19.7 Å². The molecular formula is C30H27F3N4O5S. The van der Waals surface area contributed by atoms with Crippen molar-refractivity contribution in [2.45, 2.75) is 25.3 Å². The van der Waals surface area contributed by atoms with E-state index in [2.05, 4.69) is 10.1 Å². The summed E-state index contributed by atoms with van der Waals surface area (Å²) < 4.78 is 80.5. The van der Waals surface area contributed by atoms with Gasteiger partial charge in [-0.05, 0) is 47.0 Å². The summed E-state index contributed by atoms with van der Waals surface area (Å²) >= 11 is 0. The monoisotopic (exact) mass is 612 g/mol. The van der Waals surface area contributed by atoms with Crippen LogP contribution in [0.2, 0.25) is 0 Å². The van der Waals surface area contributed by atoms with Gasteiger partial charge in [0, 0.05) is 48.6 Å². The zero-order chi connectivity index (χ0) is 30.7. The van der Waals surface area contributed by atoms with E-state index in [9.17, 15) is 22.0 Å². The van der Waals surface area contributed by atoms with Gasteiger partial charge in [0.05, 0.1) is 31.7 Å². The van der Waals surface area contributed by atoms with Gasteiger partial charge in [-0.1, -0.05) is 18.2 Å². The number of amides is 1. The maximum absolute atomic E-state index is 15.8. The number of hydrogen-bond acceptors (Lipinski definition) is 7. The number of pyridine rings is 1. The molecule has 1 aliphatic heterocycles. The summed E-state index contributed by atoms with van der Waals surface area (Å²) in [5.41, 5.74) is 1.58. The number of ether oxygens (including phenoxy) is 2. The molecule has 2 aromatic carbocycles. The van der Waals surface area contributed by atoms with Crippen LogP contribution in [0.3, 0.4) is 0 Å². The van der Waals surface area contributed by atoms with Gasteiger partial charge in [0.1, 0.15) is 5.82 Å². The third-order valence-electron chi connectivity index (χ3n) is 6.89. The molecule has 9 nitrogen and oxygen atoms in total. The van der Waals surface area contributed by atoms with E-state index in [0.29, 0.717) is 17.0 Å². The molecule has 224 valence electrons. The number of carbonyl (C=O) groups is 1. The van der Waals surface area contributed by atoms with Crippen LogP contribution in [-0.4, -0.2) is 52.9 Å². The van der Waals surface area contributed by atoms with E-state index in [4.69, 9.17) is 9.47 Å². The van der Waals surface area contributed by atoms with Crippen molar-refractivity contribution >= 4 is 15.7 Å². The van der Waals surface area contributed by atoms with Gasteiger partial charge in [0.25, 0.3) is 5.91 Å². The Balaban J connectivity index is 1.53. The quantitative estimate of drug-likeness (QED) is 0.260. The van der Waals surface area contributed by atoms with Gasteiger partial charge < -0.3 is 14.4 Å². The summed E-state index contributed by atoms with van der Waals surface area (Å²) in [5, 5.41) is 5.14. The van der Waals surface area contributed by atoms with Crippen molar-refractivity contribution in [2.24, 2.45) is 7.05 Å². The van der Waals surface area contributed by atoms with Gasteiger partial charge in [-0.15, -0.1) is 0 Å². The minimum atomic E-state index is -3.57. The van der Waals surface area contributed by atoms with Crippen LogP contribution in [-0.2, 0) is 39.6 Å². The Kier molecular flexibility index (Phi) is 8.64. The predicted molar refractivity (Wildman–Crippen MR) is 151 cm³/mol. The predicted octanol–water partition coefficient (Wildman–Crippen LogP) is 4.51. The SMILES string of the molecule is COc1cc(CN(C(=O)[C@H](OCc2cnn(C)c2)c2ccc(-c3ccc(F)c(F)c3)cc2F)[C@@H]2C=CS(=O)(=O)C2)ccn1. The second kappa shape index (κ2) is 12.4. The summed E-state index contributed by atoms with van der Waals surface area (Å²) in [4.78, 5) is 19.6. The molecule has 0 bridgehead atoms. The van der Waals surface area contributed by atoms with E-state index >= 15 is 4.39 Å². The summed E-state index contributed by atoms with van der Waals surface area (Å²) in [6.07, 6.45) is 4.62. The fourth-order valence-corrected chi connectivity index (χ4v) is 6.03. The second-order valence-electron chi connectivity index (χ2n) is 9.98. The lowest BCUT2D eigenvalue weighted by Crippen LogP contribution is -2.43. The first-order chi connectivity index (χ1) is 20.5. The first kappa shape index (κ1) is 30.0. The molecule has 1 aliphatic rings. The highest BCUT2D eigenvalue weighted by Gasteiger charge is 2.36. The van der Waals surface area contributed by atoms with Crippen LogP contribution in [0.4, 0.5) is 13.2 Å². The molecule has 0 radical (unpaired) electrons. The Morgan fingerprint density at radius 1 is 1.05 bits per heavy atom. The molecule has 0 fully saturated rings. The fourth-order valence-electron chi connectivity index (χ4n) is 4.73. The van der Waals surface area contributed by atoms with Crippen molar-refractivity contribution < 1.29 is 35.9 Å². The van der Waals surface area contributed by atoms with E-state index in [0.717, 1.165) is 23.6 Å². The highest BCUT2D eigenvalue weighted by atomic mass is 32.2. The molecule has 0 saturated carbocycles. The zero-order valence-corrected chi connectivity index (χ0v) is 24.0. The lowest BCUT2D eigenvalue weighted by Gasteiger charge is -2.31. The molecule has 0 saturated heterocycles. The Hall–Kier alpha value is -4.49. The van der Waals surface area contributed by atoms with Crippen molar-refractivity contribution in [1.29, 1.82) is 0 Å². The van der Waals surface area contributed by atoms with E-state index < -0.39 is 45.3 Å². The van der Waals surface area contributed by atoms with Gasteiger partial charge >= 0.3 is 0 Å². The molecule has 3 heterocycles. The van der Waals surface area contributed by atoms with E-state index in [1.54, 1.807) is 30.1 Å². The van der Waals surface area contributed by atoms with Crippen LogP contribution in [0.15, 0.2) is 78.6 Å². The molecule has 0 spiro atoms. The maximum Gasteiger partial charge on any atom is 0.257 e. The summed E-state index contributed by atoms with van der Waals surface area (Å²) in [7, 11) is -0.418. The molecule has 13 heteroatoms. The number of benzene rings is 2. The summed E-state index contributed by atoms with van der Waals surface area (Å²) in [6, 6.07) is 9.52. The molecule has 2 aromatic heterocycles. The molecule has 0 aliphatic carbocycles. The van der Waals surface area contributed by atoms with Crippen LogP contribution in [0.1, 0.15) is 22.8 Å². The number of rotatable bonds is 10. The van der Waals surface area contributed by atoms with E-state index in [1.165, 1.54) is 48.7 Å². The van der Waals surface area contributed by atoms with E-state index in [-0.39, 0.29) is 35.6 Å². The summed E-state index contributed by atoms with van der Waals surface area (Å²) in [6.45, 7) is -0.159. The molecule has 5 rings (SSSR count). The normalized spacial score (nSPS) is 16.3. The maximum atomic E-state index is 15.8. The first-order valence-corrected chi connectivity index (χ1v) is 14.8. The number of nitrogens with zero attached hydrogens (tertiary/aromatic N) is 4. The number of halogens is 3. The van der Waals surface area contributed by atoms with Crippen LogP contribution in [0.5, 0.6) is 5.88 Å². The topological polar surface area (TPSA) is 104 Å². The number of hydrogen-bond donors (Lipinski definition) is 0. The second-order valence-corrected chi connectivity index (χ2v) is 11.9. The lowest BCUT2D eigenvalue weighted by atomic mass is 9.99. The highest BCUT2D eigenvalue weighted by molar-refractivity contribution is 7.94. The number of sulfone groups is 1. The van der Waals surface area contributed by atoms with Crippen molar-refractivity contribution in [3.63, 3.8) is 0 Å². The Morgan fingerprint density at radius 3 is 2.42 bits per heavy atom. The number of methoxy groups -OCH3 is 1. The standard InChI is InChI=1S/C30H27F3N4O5S/c1-36-15-20(14-35-36)17-42-29(24-5-3-21(12-26(24)32)22-4-6-25(31)27(33)13-22)30(38)37(23-8-10-43(39,40)18-23)16-19-7-9-34-28(11-19)41-2/h3-15,23,29H,16-18H2,1-2H3/t23-,29-/m1/s1. The average molecular weight is 613 g/mol. The average Bonchev–Trinajstić information content (AvgIpc) is 3.57. The number of aromatic nitrogens is 3. The Morgan fingerprint density at radius 2 is 1.79 bits per heavy atom. The number of aryl methyl sites for hydroxylation is 1. The molecule has 2 atom stereocenters. The third-order valence-corrected chi connectivity index (χ3v) is 8.27. The Labute approximate surface area is 246 Å². The van der Waals surface area contributed by atoms with Gasteiger partial charge in [0.2, 0.25) is 5.88 Å². The lowest BCUT2D eigenvalue weighted by molar-refractivity contribution is -0.147. The van der Waals surface area contributed by atoms with Crippen LogP contribution in [0.25, 0.3) is 11.1 Å². The fraction of sp³-hybridized carbons (Fsp3) is 0.233. The molecular weight excluding hydrogens is 585 g/mol. The minimum Gasteiger partial charge on any atom is -0.481 e. The molecule has 1 amide bonds. The van der Waals surface area contributed by atoms with E-state index in [1.807, 2.05) is 0 Å². The minimum absolute atomic E-state index is 0.0520. The molecule has 0 N–H and O–H groups in total. The van der Waals surface area contributed by atoms with Crippen molar-refractivity contribution in [2.75, 3.05) is 12.9 Å². The molecule has 43 heavy (non-hydrogen) atoms. The molecule has 4 aromatic rings. The van der Waals surface area contributed by atoms with Gasteiger partial charge in [0.15, 0.2) is 27.6 Å². The highest BCUT2D eigenvalue weighted by Crippen LogP contribution is 2.31. The van der Waals surface area contributed by atoms with Crippen LogP contribution < -0.4 is 4.74 Å².